The van der Waals surface area contributed by atoms with Crippen molar-refractivity contribution in [2.24, 2.45) is 5.92 Å². The van der Waals surface area contributed by atoms with Crippen molar-refractivity contribution < 1.29 is 36.6 Å². The molecule has 1 saturated carbocycles. The van der Waals surface area contributed by atoms with E-state index in [0.29, 0.717) is 35.6 Å². The number of rotatable bonds is 6. The van der Waals surface area contributed by atoms with Crippen molar-refractivity contribution in [2.75, 3.05) is 29.5 Å². The van der Waals surface area contributed by atoms with Gasteiger partial charge in [0.05, 0.1) is 41.1 Å². The summed E-state index contributed by atoms with van der Waals surface area (Å²) in [6.45, 7) is 0.216. The highest BCUT2D eigenvalue weighted by Crippen LogP contribution is 2.48. The fourth-order valence-corrected chi connectivity index (χ4v) is 6.72. The van der Waals surface area contributed by atoms with E-state index < -0.39 is 58.8 Å². The van der Waals surface area contributed by atoms with Crippen molar-refractivity contribution in [1.82, 2.24) is 9.78 Å². The van der Waals surface area contributed by atoms with Crippen molar-refractivity contribution in [3.63, 3.8) is 0 Å². The second-order valence-electron chi connectivity index (χ2n) is 10.1. The van der Waals surface area contributed by atoms with E-state index in [1.54, 1.807) is 24.3 Å². The van der Waals surface area contributed by atoms with Gasteiger partial charge in [-0.25, -0.2) is 26.3 Å². The SMILES string of the molecule is O=C(O)[C@@H]1CC(F)(F)CC[C@H]1c1nn(-c2ccc(F)cc2)c(CO)c1-c1ccc(N2CCS(=O)(=O)CC2)cc1. The minimum Gasteiger partial charge on any atom is -0.481 e. The van der Waals surface area contributed by atoms with Crippen molar-refractivity contribution in [3.05, 3.63) is 65.7 Å². The van der Waals surface area contributed by atoms with Crippen LogP contribution in [0.4, 0.5) is 18.9 Å². The minimum absolute atomic E-state index is 0.0564. The Bertz CT molecular complexity index is 1460. The third kappa shape index (κ3) is 5.53. The Balaban J connectivity index is 1.60. The lowest BCUT2D eigenvalue weighted by Gasteiger charge is -2.33. The van der Waals surface area contributed by atoms with E-state index in [9.17, 15) is 36.6 Å². The minimum atomic E-state index is -3.11. The number of aliphatic hydroxyl groups is 1. The number of nitrogens with zero attached hydrogens (tertiary/aromatic N) is 3. The van der Waals surface area contributed by atoms with Crippen molar-refractivity contribution in [2.45, 2.75) is 37.7 Å². The lowest BCUT2D eigenvalue weighted by Crippen LogP contribution is -2.40. The van der Waals surface area contributed by atoms with E-state index >= 15 is 0 Å². The third-order valence-electron chi connectivity index (χ3n) is 7.59. The summed E-state index contributed by atoms with van der Waals surface area (Å²) in [5.74, 6) is -7.04. The van der Waals surface area contributed by atoms with Crippen LogP contribution in [-0.2, 0) is 21.2 Å². The normalized spacial score (nSPS) is 22.5. The third-order valence-corrected chi connectivity index (χ3v) is 9.20. The number of aliphatic carboxylic acids is 1. The maximum absolute atomic E-state index is 14.2. The summed E-state index contributed by atoms with van der Waals surface area (Å²) >= 11 is 0. The molecule has 0 bridgehead atoms. The molecule has 0 unspecified atom stereocenters. The van der Waals surface area contributed by atoms with Crippen LogP contribution in [0.1, 0.15) is 36.6 Å². The largest absolute Gasteiger partial charge is 0.481 e. The molecule has 8 nitrogen and oxygen atoms in total. The van der Waals surface area contributed by atoms with Crippen LogP contribution in [0.15, 0.2) is 48.5 Å². The van der Waals surface area contributed by atoms with Crippen molar-refractivity contribution in [3.8, 4) is 16.8 Å². The van der Waals surface area contributed by atoms with Gasteiger partial charge >= 0.3 is 5.97 Å². The highest BCUT2D eigenvalue weighted by Gasteiger charge is 2.47. The summed E-state index contributed by atoms with van der Waals surface area (Å²) in [5.41, 5.74) is 2.85. The number of alkyl halides is 2. The molecule has 2 heterocycles. The van der Waals surface area contributed by atoms with E-state index in [-0.39, 0.29) is 23.6 Å². The van der Waals surface area contributed by atoms with Crippen LogP contribution in [-0.4, -0.2) is 64.9 Å². The molecule has 208 valence electrons. The number of carboxylic acids is 1. The molecule has 2 fully saturated rings. The molecule has 0 amide bonds. The van der Waals surface area contributed by atoms with Crippen LogP contribution in [0, 0.1) is 11.7 Å². The fourth-order valence-electron chi connectivity index (χ4n) is 5.52. The summed E-state index contributed by atoms with van der Waals surface area (Å²) in [7, 11) is -3.05. The van der Waals surface area contributed by atoms with Crippen LogP contribution in [0.2, 0.25) is 0 Å². The molecular weight excluding hydrogens is 535 g/mol. The number of anilines is 1. The molecule has 2 atom stereocenters. The number of halogens is 3. The summed E-state index contributed by atoms with van der Waals surface area (Å²) < 4.78 is 67.1. The highest BCUT2D eigenvalue weighted by atomic mass is 32.2. The summed E-state index contributed by atoms with van der Waals surface area (Å²) in [6.07, 6.45) is -1.42. The lowest BCUT2D eigenvalue weighted by atomic mass is 9.74. The molecule has 1 aliphatic carbocycles. The van der Waals surface area contributed by atoms with E-state index in [1.807, 2.05) is 4.90 Å². The number of carboxylic acid groups (broad SMARTS) is 1. The second-order valence-corrected chi connectivity index (χ2v) is 12.4. The highest BCUT2D eigenvalue weighted by molar-refractivity contribution is 7.91. The topological polar surface area (TPSA) is 113 Å². The van der Waals surface area contributed by atoms with E-state index in [4.69, 9.17) is 0 Å². The zero-order chi connectivity index (χ0) is 27.9. The molecule has 0 radical (unpaired) electrons. The molecule has 2 aliphatic rings. The Morgan fingerprint density at radius 2 is 1.64 bits per heavy atom. The van der Waals surface area contributed by atoms with Gasteiger partial charge in [0.25, 0.3) is 0 Å². The predicted octanol–water partition coefficient (Wildman–Crippen LogP) is 4.01. The first-order valence-corrected chi connectivity index (χ1v) is 14.5. The monoisotopic (exact) mass is 563 g/mol. The summed E-state index contributed by atoms with van der Waals surface area (Å²) in [5, 5.41) is 24.9. The van der Waals surface area contributed by atoms with Crippen LogP contribution in [0.5, 0.6) is 0 Å². The van der Waals surface area contributed by atoms with Gasteiger partial charge in [0.15, 0.2) is 9.84 Å². The van der Waals surface area contributed by atoms with Crippen LogP contribution < -0.4 is 4.90 Å². The molecule has 5 rings (SSSR count). The fraction of sp³-hybridized carbons (Fsp3) is 0.407. The molecule has 3 aromatic rings. The van der Waals surface area contributed by atoms with Gasteiger partial charge in [-0.2, -0.15) is 5.10 Å². The summed E-state index contributed by atoms with van der Waals surface area (Å²) in [6, 6.07) is 12.5. The number of hydrogen-bond donors (Lipinski definition) is 2. The maximum atomic E-state index is 14.2. The van der Waals surface area contributed by atoms with Gasteiger partial charge in [-0.05, 0) is 48.4 Å². The number of aliphatic hydroxyl groups excluding tert-OH is 1. The van der Waals surface area contributed by atoms with E-state index in [2.05, 4.69) is 5.10 Å². The molecule has 2 N–H and O–H groups in total. The molecule has 1 aromatic heterocycles. The van der Waals surface area contributed by atoms with Gasteiger partial charge in [0, 0.05) is 43.1 Å². The first-order valence-electron chi connectivity index (χ1n) is 12.6. The molecule has 0 spiro atoms. The zero-order valence-corrected chi connectivity index (χ0v) is 21.7. The first-order chi connectivity index (χ1) is 18.5. The Morgan fingerprint density at radius 3 is 2.23 bits per heavy atom. The molecular formula is C27H28F3N3O5S. The van der Waals surface area contributed by atoms with E-state index in [0.717, 1.165) is 5.69 Å². The number of hydrogen-bond acceptors (Lipinski definition) is 6. The average molecular weight is 564 g/mol. The number of aromatic nitrogens is 2. The molecule has 1 saturated heterocycles. The number of carbonyl (C=O) groups is 1. The second kappa shape index (κ2) is 10.3. The maximum Gasteiger partial charge on any atom is 0.307 e. The molecule has 12 heteroatoms. The first kappa shape index (κ1) is 27.2. The van der Waals surface area contributed by atoms with Crippen LogP contribution >= 0.6 is 0 Å². The van der Waals surface area contributed by atoms with Gasteiger partial charge in [-0.3, -0.25) is 4.79 Å². The average Bonchev–Trinajstić information content (AvgIpc) is 3.28. The molecule has 2 aromatic carbocycles. The predicted molar refractivity (Wildman–Crippen MR) is 138 cm³/mol. The van der Waals surface area contributed by atoms with Crippen molar-refractivity contribution in [1.29, 1.82) is 0 Å². The van der Waals surface area contributed by atoms with Gasteiger partial charge in [0.2, 0.25) is 5.92 Å². The van der Waals surface area contributed by atoms with Gasteiger partial charge in [-0.1, -0.05) is 12.1 Å². The van der Waals surface area contributed by atoms with Crippen LogP contribution in [0.25, 0.3) is 16.8 Å². The van der Waals surface area contributed by atoms with Crippen molar-refractivity contribution >= 4 is 21.5 Å². The number of sulfone groups is 1. The Morgan fingerprint density at radius 1 is 1.03 bits per heavy atom. The smallest absolute Gasteiger partial charge is 0.307 e. The van der Waals surface area contributed by atoms with Crippen LogP contribution in [0.3, 0.4) is 0 Å². The number of benzene rings is 2. The Hall–Kier alpha value is -3.38. The quantitative estimate of drug-likeness (QED) is 0.466. The lowest BCUT2D eigenvalue weighted by molar-refractivity contribution is -0.150. The van der Waals surface area contributed by atoms with Gasteiger partial charge < -0.3 is 15.1 Å². The van der Waals surface area contributed by atoms with Gasteiger partial charge in [0.1, 0.15) is 5.82 Å². The summed E-state index contributed by atoms with van der Waals surface area (Å²) in [4.78, 5) is 14.0. The standard InChI is InChI=1S/C27H28F3N3O5S/c28-18-3-7-20(8-4-18)33-23(16-34)24(25(31-33)21-9-10-27(29,30)15-22(21)26(35)36)17-1-5-19(6-2-17)32-11-13-39(37,38)14-12-32/h1-8,21-22,34H,9-16H2,(H,35,36)/t21-,22-/m1/s1. The van der Waals surface area contributed by atoms with E-state index in [1.165, 1.54) is 28.9 Å². The zero-order valence-electron chi connectivity index (χ0n) is 20.9. The Labute approximate surface area is 223 Å². The van der Waals surface area contributed by atoms with Gasteiger partial charge in [-0.15, -0.1) is 0 Å². The Kier molecular flexibility index (Phi) is 7.19. The molecule has 1 aliphatic heterocycles. The molecule has 39 heavy (non-hydrogen) atoms.